The molecule has 26 heavy (non-hydrogen) atoms. The second kappa shape index (κ2) is 7.38. The normalized spacial score (nSPS) is 18.2. The Bertz CT molecular complexity index is 800. The number of Topliss-reactive ketones (excluding diaryl/α,β-unsaturated/α-hetero) is 1. The minimum absolute atomic E-state index is 0.0232. The van der Waals surface area contributed by atoms with E-state index in [1.165, 1.54) is 0 Å². The number of ketones is 1. The Morgan fingerprint density at radius 1 is 1.12 bits per heavy atom. The molecule has 1 nitrogen and oxygen atoms in total. The van der Waals surface area contributed by atoms with Crippen molar-refractivity contribution in [3.63, 3.8) is 0 Å². The molecule has 9 heteroatoms. The maximum atomic E-state index is 13.5. The average molecular weight is 443 g/mol. The van der Waals surface area contributed by atoms with Gasteiger partial charge in [0.25, 0.3) is 0 Å². The second-order valence-electron chi connectivity index (χ2n) is 5.41. The third-order valence-corrected chi connectivity index (χ3v) is 4.18. The van der Waals surface area contributed by atoms with Gasteiger partial charge in [-0.05, 0) is 29.8 Å². The Labute approximate surface area is 152 Å². The van der Waals surface area contributed by atoms with E-state index in [2.05, 4.69) is 15.9 Å². The summed E-state index contributed by atoms with van der Waals surface area (Å²) < 4.78 is 91.4. The number of carbonyl (C=O) groups is 1. The molecule has 0 N–H and O–H groups in total. The van der Waals surface area contributed by atoms with Gasteiger partial charge in [0, 0.05) is 16.5 Å². The molecular formula is C17H10BrF7O. The first-order valence-electron chi connectivity index (χ1n) is 7.08. The van der Waals surface area contributed by atoms with Crippen LogP contribution >= 0.6 is 15.9 Å². The maximum Gasteiger partial charge on any atom is 0.416 e. The number of hydrogen-bond acceptors (Lipinski definition) is 1. The smallest absolute Gasteiger partial charge is 0.289 e. The highest BCUT2D eigenvalue weighted by Crippen LogP contribution is 2.36. The van der Waals surface area contributed by atoms with Crippen LogP contribution in [0.25, 0.3) is 0 Å². The van der Waals surface area contributed by atoms with Crippen molar-refractivity contribution in [3.05, 3.63) is 70.6 Å². The molecule has 0 saturated heterocycles. The van der Waals surface area contributed by atoms with E-state index in [1.54, 1.807) is 0 Å². The molecule has 140 valence electrons. The second-order valence-corrected chi connectivity index (χ2v) is 5.98. The summed E-state index contributed by atoms with van der Waals surface area (Å²) in [5.41, 5.74) is -2.31. The van der Waals surface area contributed by atoms with Gasteiger partial charge < -0.3 is 0 Å². The van der Waals surface area contributed by atoms with E-state index in [1.807, 2.05) is 0 Å². The largest absolute Gasteiger partial charge is 0.416 e. The van der Waals surface area contributed by atoms with Crippen LogP contribution in [0.15, 0.2) is 53.6 Å². The van der Waals surface area contributed by atoms with Crippen molar-refractivity contribution in [2.75, 3.05) is 0 Å². The van der Waals surface area contributed by atoms with Crippen LogP contribution in [0.1, 0.15) is 15.9 Å². The maximum absolute atomic E-state index is 13.5. The zero-order valence-corrected chi connectivity index (χ0v) is 14.3. The fourth-order valence-electron chi connectivity index (χ4n) is 2.23. The average Bonchev–Trinajstić information content (AvgIpc) is 2.77. The van der Waals surface area contributed by atoms with Gasteiger partial charge in [-0.15, -0.1) is 0 Å². The molecule has 0 bridgehead atoms. The summed E-state index contributed by atoms with van der Waals surface area (Å²) in [4.78, 5) is 12.5. The lowest BCUT2D eigenvalue weighted by molar-refractivity contribution is -0.149. The van der Waals surface area contributed by atoms with Crippen LogP contribution in [0.2, 0.25) is 0 Å². The third-order valence-electron chi connectivity index (χ3n) is 3.57. The lowest BCUT2D eigenvalue weighted by Crippen LogP contribution is -2.19. The van der Waals surface area contributed by atoms with Crippen molar-refractivity contribution in [1.82, 2.24) is 0 Å². The van der Waals surface area contributed by atoms with E-state index < -0.39 is 41.0 Å². The quantitative estimate of drug-likeness (QED) is 0.315. The first kappa shape index (κ1) is 20.4. The van der Waals surface area contributed by atoms with Gasteiger partial charge in [0.2, 0.25) is 0 Å². The Morgan fingerprint density at radius 3 is 2.31 bits per heavy atom. The van der Waals surface area contributed by atoms with Crippen LogP contribution in [-0.4, -0.2) is 18.1 Å². The monoisotopic (exact) mass is 442 g/mol. The van der Waals surface area contributed by atoms with Gasteiger partial charge in [0.15, 0.2) is 5.78 Å². The van der Waals surface area contributed by atoms with Gasteiger partial charge in [0.1, 0.15) is 5.82 Å². The van der Waals surface area contributed by atoms with E-state index in [0.717, 1.165) is 18.2 Å². The number of benzene rings is 1. The minimum Gasteiger partial charge on any atom is -0.289 e. The molecule has 1 aliphatic carbocycles. The molecule has 1 aromatic rings. The zero-order chi connectivity index (χ0) is 19.7. The molecule has 0 heterocycles. The summed E-state index contributed by atoms with van der Waals surface area (Å²) in [6.45, 7) is 0. The molecule has 0 saturated carbocycles. The topological polar surface area (TPSA) is 17.1 Å². The van der Waals surface area contributed by atoms with Gasteiger partial charge >= 0.3 is 12.4 Å². The zero-order valence-electron chi connectivity index (χ0n) is 12.8. The Balaban J connectivity index is 2.54. The molecule has 0 spiro atoms. The molecule has 0 radical (unpaired) electrons. The number of alkyl halides is 7. The molecule has 0 aromatic heterocycles. The van der Waals surface area contributed by atoms with Gasteiger partial charge in [-0.1, -0.05) is 34.2 Å². The fraction of sp³-hybridized carbons (Fsp3) is 0.235. The molecule has 1 aliphatic rings. The van der Waals surface area contributed by atoms with E-state index >= 15 is 0 Å². The molecule has 0 amide bonds. The van der Waals surface area contributed by atoms with Crippen LogP contribution in [0.3, 0.4) is 0 Å². The van der Waals surface area contributed by atoms with Crippen LogP contribution in [0.5, 0.6) is 0 Å². The van der Waals surface area contributed by atoms with Crippen LogP contribution < -0.4 is 0 Å². The third kappa shape index (κ3) is 4.63. The summed E-state index contributed by atoms with van der Waals surface area (Å²) in [5.74, 6) is -4.07. The molecule has 1 unspecified atom stereocenters. The van der Waals surface area contributed by atoms with Crippen molar-refractivity contribution >= 4 is 21.7 Å². The van der Waals surface area contributed by atoms with Gasteiger partial charge in [0.05, 0.1) is 11.5 Å². The Morgan fingerprint density at radius 2 is 1.77 bits per heavy atom. The standard InChI is InChI=1S/C17H10BrF7O/c18-8-11-5-9(1-4-14(11)19)15(26)10-6-12(16(20,21)22)2-3-13(7-10)17(23,24)25/h1-7,12H,8H2. The lowest BCUT2D eigenvalue weighted by Gasteiger charge is -2.13. The van der Waals surface area contributed by atoms with Crippen molar-refractivity contribution in [2.45, 2.75) is 17.7 Å². The number of allylic oxidation sites excluding steroid dienone is 6. The van der Waals surface area contributed by atoms with E-state index in [0.29, 0.717) is 24.3 Å². The SMILES string of the molecule is O=C(C1=CC(C(F)(F)F)C=CC(C(F)(F)F)=C1)c1ccc(F)c(CBr)c1. The first-order valence-corrected chi connectivity index (χ1v) is 8.20. The van der Waals surface area contributed by atoms with Gasteiger partial charge in [-0.2, -0.15) is 26.3 Å². The van der Waals surface area contributed by atoms with Gasteiger partial charge in [-0.3, -0.25) is 4.79 Å². The predicted octanol–water partition coefficient (Wildman–Crippen LogP) is 6.07. The number of hydrogen-bond donors (Lipinski definition) is 0. The molecular weight excluding hydrogens is 433 g/mol. The number of rotatable bonds is 3. The van der Waals surface area contributed by atoms with Crippen molar-refractivity contribution < 1.29 is 35.5 Å². The summed E-state index contributed by atoms with van der Waals surface area (Å²) in [6, 6.07) is 3.01. The van der Waals surface area contributed by atoms with Crippen molar-refractivity contribution in [3.8, 4) is 0 Å². The molecule has 2 rings (SSSR count). The highest BCUT2D eigenvalue weighted by atomic mass is 79.9. The van der Waals surface area contributed by atoms with Crippen molar-refractivity contribution in [1.29, 1.82) is 0 Å². The summed E-state index contributed by atoms with van der Waals surface area (Å²) in [5, 5.41) is 0.0232. The summed E-state index contributed by atoms with van der Waals surface area (Å²) in [7, 11) is 0. The van der Waals surface area contributed by atoms with Crippen LogP contribution in [0, 0.1) is 11.7 Å². The molecule has 1 atom stereocenters. The van der Waals surface area contributed by atoms with Crippen LogP contribution in [0.4, 0.5) is 30.7 Å². The Kier molecular flexibility index (Phi) is 5.79. The number of halogens is 8. The van der Waals surface area contributed by atoms with Crippen molar-refractivity contribution in [2.24, 2.45) is 5.92 Å². The summed E-state index contributed by atoms with van der Waals surface area (Å²) >= 11 is 2.99. The van der Waals surface area contributed by atoms with Gasteiger partial charge in [-0.25, -0.2) is 4.39 Å². The molecule has 0 aliphatic heterocycles. The minimum atomic E-state index is -4.93. The highest BCUT2D eigenvalue weighted by molar-refractivity contribution is 9.08. The summed E-state index contributed by atoms with van der Waals surface area (Å²) in [6.07, 6.45) is -8.37. The van der Waals surface area contributed by atoms with E-state index in [9.17, 15) is 35.5 Å². The first-order chi connectivity index (χ1) is 11.9. The van der Waals surface area contributed by atoms with E-state index in [4.69, 9.17) is 0 Å². The highest BCUT2D eigenvalue weighted by Gasteiger charge is 2.40. The molecule has 0 fully saturated rings. The van der Waals surface area contributed by atoms with Crippen LogP contribution in [-0.2, 0) is 5.33 Å². The number of carbonyl (C=O) groups excluding carboxylic acids is 1. The Hall–Kier alpha value is -1.90. The van der Waals surface area contributed by atoms with E-state index in [-0.39, 0.29) is 16.5 Å². The predicted molar refractivity (Wildman–Crippen MR) is 84.3 cm³/mol. The molecule has 1 aromatic carbocycles. The lowest BCUT2D eigenvalue weighted by atomic mass is 9.97. The fourth-order valence-corrected chi connectivity index (χ4v) is 2.66.